The van der Waals surface area contributed by atoms with Gasteiger partial charge in [0.15, 0.2) is 0 Å². The Labute approximate surface area is 132 Å². The van der Waals surface area contributed by atoms with Crippen LogP contribution in [-0.4, -0.2) is 8.42 Å². The summed E-state index contributed by atoms with van der Waals surface area (Å²) in [5.74, 6) is 0. The molecule has 0 bridgehead atoms. The van der Waals surface area contributed by atoms with Crippen molar-refractivity contribution in [3.05, 3.63) is 52.0 Å². The zero-order chi connectivity index (χ0) is 15.6. The largest absolute Gasteiger partial charge is 0.397 e. The molecule has 2 aromatic rings. The molecule has 0 amide bonds. The molecule has 0 radical (unpaired) electrons. The smallest absolute Gasteiger partial charge is 0.261 e. The van der Waals surface area contributed by atoms with E-state index in [4.69, 9.17) is 34.2 Å². The number of nitrogens with one attached hydrogen (secondary N) is 1. The van der Waals surface area contributed by atoms with Gasteiger partial charge in [0.25, 0.3) is 10.0 Å². The van der Waals surface area contributed by atoms with Gasteiger partial charge in [-0.15, -0.1) is 0 Å². The van der Waals surface area contributed by atoms with Gasteiger partial charge >= 0.3 is 0 Å². The second-order valence-electron chi connectivity index (χ2n) is 4.10. The van der Waals surface area contributed by atoms with Crippen LogP contribution < -0.4 is 10.5 Å². The molecule has 0 aliphatic heterocycles. The van der Waals surface area contributed by atoms with E-state index in [0.29, 0.717) is 0 Å². The molecule has 0 spiro atoms. The Kier molecular flexibility index (Phi) is 4.28. The lowest BCUT2D eigenvalue weighted by Crippen LogP contribution is -2.13. The van der Waals surface area contributed by atoms with Crippen LogP contribution in [0.25, 0.3) is 0 Å². The lowest BCUT2D eigenvalue weighted by Gasteiger charge is -2.09. The molecule has 0 atom stereocenters. The van der Waals surface area contributed by atoms with E-state index < -0.39 is 10.0 Å². The molecular weight excluding hydrogens is 333 g/mol. The van der Waals surface area contributed by atoms with Gasteiger partial charge in [0.1, 0.15) is 6.07 Å². The second kappa shape index (κ2) is 5.82. The maximum Gasteiger partial charge on any atom is 0.261 e. The van der Waals surface area contributed by atoms with Crippen LogP contribution >= 0.6 is 23.2 Å². The normalized spacial score (nSPS) is 10.9. The number of sulfonamides is 1. The highest BCUT2D eigenvalue weighted by Crippen LogP contribution is 2.25. The van der Waals surface area contributed by atoms with Gasteiger partial charge in [-0.1, -0.05) is 23.2 Å². The highest BCUT2D eigenvalue weighted by atomic mass is 35.5. The average molecular weight is 342 g/mol. The number of hydrogen-bond acceptors (Lipinski definition) is 4. The molecule has 0 aromatic heterocycles. The first kappa shape index (κ1) is 15.4. The van der Waals surface area contributed by atoms with E-state index >= 15 is 0 Å². The first-order valence-corrected chi connectivity index (χ1v) is 7.85. The Morgan fingerprint density at radius 1 is 1.10 bits per heavy atom. The predicted octanol–water partition coefficient (Wildman–Crippen LogP) is 3.25. The summed E-state index contributed by atoms with van der Waals surface area (Å²) in [6.07, 6.45) is 0. The zero-order valence-electron chi connectivity index (χ0n) is 10.5. The minimum absolute atomic E-state index is 0.0233. The van der Waals surface area contributed by atoms with Crippen LogP contribution in [0.5, 0.6) is 0 Å². The van der Waals surface area contributed by atoms with Gasteiger partial charge in [0, 0.05) is 0 Å². The van der Waals surface area contributed by atoms with Crippen molar-refractivity contribution in [1.82, 2.24) is 0 Å². The summed E-state index contributed by atoms with van der Waals surface area (Å²) in [5, 5.41) is 9.21. The third-order valence-electron chi connectivity index (χ3n) is 2.62. The molecule has 2 aromatic carbocycles. The number of nitrogens with two attached hydrogens (primary N) is 1. The Balaban J connectivity index is 2.35. The van der Waals surface area contributed by atoms with E-state index in [0.717, 1.165) is 0 Å². The van der Waals surface area contributed by atoms with Gasteiger partial charge in [-0.2, -0.15) is 5.26 Å². The van der Waals surface area contributed by atoms with E-state index in [-0.39, 0.29) is 31.9 Å². The maximum atomic E-state index is 12.2. The van der Waals surface area contributed by atoms with Crippen molar-refractivity contribution in [3.63, 3.8) is 0 Å². The van der Waals surface area contributed by atoms with Crippen molar-refractivity contribution in [2.24, 2.45) is 0 Å². The summed E-state index contributed by atoms with van der Waals surface area (Å²) >= 11 is 11.6. The standard InChI is InChI=1S/C13H9Cl2N3O2S/c14-11-4-3-10(6-13(11)17)21(19,20)18-9-2-1-8(7-16)12(15)5-9/h1-6,18H,17H2. The van der Waals surface area contributed by atoms with Crippen LogP contribution in [0.3, 0.4) is 0 Å². The predicted molar refractivity (Wildman–Crippen MR) is 82.8 cm³/mol. The zero-order valence-corrected chi connectivity index (χ0v) is 12.8. The molecule has 3 N–H and O–H groups in total. The van der Waals surface area contributed by atoms with Gasteiger partial charge in [-0.25, -0.2) is 8.42 Å². The number of benzene rings is 2. The Hall–Kier alpha value is -1.94. The van der Waals surface area contributed by atoms with E-state index in [1.54, 1.807) is 0 Å². The fourth-order valence-corrected chi connectivity index (χ4v) is 3.00. The molecule has 0 heterocycles. The molecule has 5 nitrogen and oxygen atoms in total. The molecule has 0 aliphatic rings. The molecule has 0 saturated carbocycles. The molecule has 8 heteroatoms. The van der Waals surface area contributed by atoms with Gasteiger partial charge in [0.05, 0.1) is 31.9 Å². The van der Waals surface area contributed by atoms with Crippen LogP contribution in [-0.2, 0) is 10.0 Å². The number of anilines is 2. The van der Waals surface area contributed by atoms with Gasteiger partial charge in [-0.05, 0) is 36.4 Å². The summed E-state index contributed by atoms with van der Waals surface area (Å²) < 4.78 is 26.8. The van der Waals surface area contributed by atoms with Crippen LogP contribution in [0, 0.1) is 11.3 Å². The summed E-state index contributed by atoms with van der Waals surface area (Å²) in [4.78, 5) is -0.0233. The number of hydrogen-bond donors (Lipinski definition) is 2. The van der Waals surface area contributed by atoms with Crippen molar-refractivity contribution < 1.29 is 8.42 Å². The molecule has 108 valence electrons. The number of nitrogen functional groups attached to an aromatic ring is 1. The van der Waals surface area contributed by atoms with Crippen LogP contribution in [0.4, 0.5) is 11.4 Å². The van der Waals surface area contributed by atoms with Crippen molar-refractivity contribution in [2.75, 3.05) is 10.5 Å². The molecule has 21 heavy (non-hydrogen) atoms. The summed E-state index contributed by atoms with van der Waals surface area (Å²) in [6, 6.07) is 10.1. The second-order valence-corrected chi connectivity index (χ2v) is 6.59. The van der Waals surface area contributed by atoms with Crippen LogP contribution in [0.1, 0.15) is 5.56 Å². The average Bonchev–Trinajstić information content (AvgIpc) is 2.41. The molecule has 0 saturated heterocycles. The van der Waals surface area contributed by atoms with E-state index in [2.05, 4.69) is 4.72 Å². The maximum absolute atomic E-state index is 12.2. The van der Waals surface area contributed by atoms with Gasteiger partial charge in [0.2, 0.25) is 0 Å². The molecule has 0 fully saturated rings. The van der Waals surface area contributed by atoms with Gasteiger partial charge in [-0.3, -0.25) is 4.72 Å². The topological polar surface area (TPSA) is 96.0 Å². The molecule has 2 rings (SSSR count). The van der Waals surface area contributed by atoms with E-state index in [1.807, 2.05) is 6.07 Å². The summed E-state index contributed by atoms with van der Waals surface area (Å²) in [6.45, 7) is 0. The number of nitrogens with zero attached hydrogens (tertiary/aromatic N) is 1. The highest BCUT2D eigenvalue weighted by Gasteiger charge is 2.16. The Morgan fingerprint density at radius 2 is 1.81 bits per heavy atom. The van der Waals surface area contributed by atoms with Crippen molar-refractivity contribution in [3.8, 4) is 6.07 Å². The first-order valence-electron chi connectivity index (χ1n) is 5.61. The molecule has 0 unspecified atom stereocenters. The number of halogens is 2. The summed E-state index contributed by atoms with van der Waals surface area (Å²) in [7, 11) is -3.82. The SMILES string of the molecule is N#Cc1ccc(NS(=O)(=O)c2ccc(Cl)c(N)c2)cc1Cl. The third kappa shape index (κ3) is 3.39. The lowest BCUT2D eigenvalue weighted by molar-refractivity contribution is 0.601. The fraction of sp³-hybridized carbons (Fsp3) is 0. The van der Waals surface area contributed by atoms with E-state index in [9.17, 15) is 8.42 Å². The fourth-order valence-electron chi connectivity index (χ4n) is 1.57. The minimum atomic E-state index is -3.82. The Bertz CT molecular complexity index is 845. The number of nitriles is 1. The third-order valence-corrected chi connectivity index (χ3v) is 4.66. The van der Waals surface area contributed by atoms with Crippen molar-refractivity contribution in [1.29, 1.82) is 5.26 Å². The number of rotatable bonds is 3. The van der Waals surface area contributed by atoms with Crippen LogP contribution in [0.15, 0.2) is 41.3 Å². The van der Waals surface area contributed by atoms with Gasteiger partial charge < -0.3 is 5.73 Å². The Morgan fingerprint density at radius 3 is 2.38 bits per heavy atom. The minimum Gasteiger partial charge on any atom is -0.397 e. The lowest BCUT2D eigenvalue weighted by atomic mass is 10.2. The highest BCUT2D eigenvalue weighted by molar-refractivity contribution is 7.92. The first-order chi connectivity index (χ1) is 9.83. The van der Waals surface area contributed by atoms with Crippen molar-refractivity contribution >= 4 is 44.6 Å². The molecule has 0 aliphatic carbocycles. The summed E-state index contributed by atoms with van der Waals surface area (Å²) in [5.41, 5.74) is 6.26. The van der Waals surface area contributed by atoms with E-state index in [1.165, 1.54) is 36.4 Å². The van der Waals surface area contributed by atoms with Crippen LogP contribution in [0.2, 0.25) is 10.0 Å². The monoisotopic (exact) mass is 341 g/mol. The molecular formula is C13H9Cl2N3O2S. The quantitative estimate of drug-likeness (QED) is 0.837. The van der Waals surface area contributed by atoms with Crippen molar-refractivity contribution in [2.45, 2.75) is 4.90 Å².